The van der Waals surface area contributed by atoms with Crippen LogP contribution in [0.4, 0.5) is 0 Å². The van der Waals surface area contributed by atoms with Crippen molar-refractivity contribution in [1.29, 1.82) is 0 Å². The smallest absolute Gasteiger partial charge is 0.306 e. The first kappa shape index (κ1) is 108. The fourth-order valence-corrected chi connectivity index (χ4v) is 19.7. The summed E-state index contributed by atoms with van der Waals surface area (Å²) in [6.07, 6.45) is -25.3. The van der Waals surface area contributed by atoms with Crippen molar-refractivity contribution in [2.45, 2.75) is 242 Å². The number of amides is 4. The van der Waals surface area contributed by atoms with Crippen molar-refractivity contribution in [2.75, 3.05) is 165 Å². The number of hydrogen-bond donors (Lipinski definition) is 5. The quantitative estimate of drug-likeness (QED) is 0.0303. The van der Waals surface area contributed by atoms with Crippen molar-refractivity contribution in [3.05, 3.63) is 119 Å². The summed E-state index contributed by atoms with van der Waals surface area (Å²) in [7, 11) is 23.9. The first-order valence-electron chi connectivity index (χ1n) is 44.8. The van der Waals surface area contributed by atoms with Gasteiger partial charge in [-0.05, 0) is 58.4 Å². The number of benzene rings is 4. The molecule has 0 spiro atoms. The van der Waals surface area contributed by atoms with Gasteiger partial charge >= 0.3 is 11.9 Å². The molecule has 4 aromatic carbocycles. The zero-order valence-corrected chi connectivity index (χ0v) is 81.6. The van der Waals surface area contributed by atoms with Crippen LogP contribution >= 0.6 is 24.4 Å². The van der Waals surface area contributed by atoms with Gasteiger partial charge in [-0.15, -0.1) is 0 Å². The summed E-state index contributed by atoms with van der Waals surface area (Å²) in [5.41, 5.74) is 8.85. The van der Waals surface area contributed by atoms with E-state index in [9.17, 15) is 33.6 Å². The molecule has 0 saturated carbocycles. The number of carbonyl (C=O) groups excluding carboxylic acids is 7. The van der Waals surface area contributed by atoms with Crippen molar-refractivity contribution in [2.24, 2.45) is 0 Å². The van der Waals surface area contributed by atoms with Crippen molar-refractivity contribution < 1.29 is 166 Å². The molecule has 135 heavy (non-hydrogen) atoms. The van der Waals surface area contributed by atoms with E-state index in [4.69, 9.17) is 133 Å². The van der Waals surface area contributed by atoms with E-state index < -0.39 is 208 Å². The van der Waals surface area contributed by atoms with Gasteiger partial charge in [-0.3, -0.25) is 33.6 Å². The Morgan fingerprint density at radius 3 is 0.874 bits per heavy atom. The Balaban J connectivity index is 0.000000260. The van der Waals surface area contributed by atoms with Crippen LogP contribution in [-0.2, 0) is 166 Å². The van der Waals surface area contributed by atoms with Crippen LogP contribution in [0.1, 0.15) is 80.5 Å². The van der Waals surface area contributed by atoms with E-state index in [1.165, 1.54) is 121 Å². The maximum atomic E-state index is 13.5. The summed E-state index contributed by atoms with van der Waals surface area (Å²) >= 11 is 4.99. The van der Waals surface area contributed by atoms with E-state index in [0.717, 1.165) is 56.3 Å². The predicted octanol–water partition coefficient (Wildman–Crippen LogP) is 4.35. The Hall–Kier alpha value is -6.97. The minimum atomic E-state index is -1.14. The van der Waals surface area contributed by atoms with Gasteiger partial charge in [0.05, 0.1) is 75.1 Å². The molecule has 30 unspecified atom stereocenters. The Bertz CT molecular complexity index is 4330. The third-order valence-electron chi connectivity index (χ3n) is 25.5. The van der Waals surface area contributed by atoms with Crippen molar-refractivity contribution >= 4 is 65.1 Å². The number of esters is 2. The number of ether oxygens (including phenoxy) is 28. The minimum Gasteiger partial charge on any atom is -0.465 e. The average Bonchev–Trinajstić information content (AvgIpc) is 1.61. The highest BCUT2D eigenvalue weighted by Crippen LogP contribution is 2.47. The SMILES string of the molecule is COCC1OC(NC(=O)CCC(=O)OCC2c3ccccc3-c3ccccc32)C(OC)C(OC)C1OC1OC(COC)C(OC2OC(C)C(NC(=O)CS)C(OC)C2OC)C(OC)C1OC.COCC1OC(NC(=O)CCC(=O)OCC2c3ccccc3-c3ccccc32)C(OC)C(OC)C1OC1OC(COC)C(OC2OC(C)C(NC(=O)CSC(C)=O)C(OC)C2OC)C(OC)C1OC. The highest BCUT2D eigenvalue weighted by molar-refractivity contribution is 8.14. The van der Waals surface area contributed by atoms with E-state index in [0.29, 0.717) is 0 Å². The third kappa shape index (κ3) is 26.1. The minimum absolute atomic E-state index is 0.00564. The molecule has 4 N–H and O–H groups in total. The van der Waals surface area contributed by atoms with Crippen molar-refractivity contribution in [3.8, 4) is 22.3 Å². The summed E-state index contributed by atoms with van der Waals surface area (Å²) in [4.78, 5) is 89.6. The van der Waals surface area contributed by atoms with Gasteiger partial charge in [0.25, 0.3) is 0 Å². The van der Waals surface area contributed by atoms with Gasteiger partial charge in [0.15, 0.2) is 42.7 Å². The van der Waals surface area contributed by atoms with Gasteiger partial charge in [0.1, 0.15) is 135 Å². The van der Waals surface area contributed by atoms with E-state index in [1.54, 1.807) is 13.8 Å². The summed E-state index contributed by atoms with van der Waals surface area (Å²) in [6.45, 7) is 5.33. The van der Waals surface area contributed by atoms with Gasteiger partial charge in [0, 0.05) is 145 Å². The second-order valence-electron chi connectivity index (χ2n) is 33.4. The van der Waals surface area contributed by atoms with Gasteiger partial charge < -0.3 is 154 Å². The Morgan fingerprint density at radius 2 is 0.585 bits per heavy atom. The molecule has 4 amide bonds. The number of fused-ring (bicyclic) bond motifs is 6. The molecular weight excluding hydrogens is 1810 g/mol. The normalized spacial score (nSPS) is 32.7. The lowest BCUT2D eigenvalue weighted by Gasteiger charge is -2.51. The van der Waals surface area contributed by atoms with Gasteiger partial charge in [-0.1, -0.05) is 109 Å². The highest BCUT2D eigenvalue weighted by Gasteiger charge is 2.59. The molecule has 4 aromatic rings. The van der Waals surface area contributed by atoms with Gasteiger partial charge in [-0.25, -0.2) is 0 Å². The van der Waals surface area contributed by atoms with Crippen LogP contribution in [0.15, 0.2) is 97.1 Å². The van der Waals surface area contributed by atoms with E-state index in [1.807, 2.05) is 72.8 Å². The molecular formula is C94H134N4O35S2. The molecule has 6 aliphatic heterocycles. The summed E-state index contributed by atoms with van der Waals surface area (Å²) in [6, 6.07) is 31.1. The van der Waals surface area contributed by atoms with Crippen LogP contribution in [0.5, 0.6) is 0 Å². The molecule has 12 rings (SSSR count). The fraction of sp³-hybridized carbons (Fsp3) is 0.670. The lowest BCUT2D eigenvalue weighted by atomic mass is 9.94. The van der Waals surface area contributed by atoms with E-state index >= 15 is 0 Å². The van der Waals surface area contributed by atoms with Crippen LogP contribution < -0.4 is 21.3 Å². The van der Waals surface area contributed by atoms with Crippen LogP contribution in [0.3, 0.4) is 0 Å². The van der Waals surface area contributed by atoms with E-state index in [2.05, 4.69) is 58.2 Å². The Morgan fingerprint density at radius 1 is 0.311 bits per heavy atom. The topological polar surface area (TPSA) is 426 Å². The zero-order valence-electron chi connectivity index (χ0n) is 79.8. The number of thiol groups is 1. The lowest BCUT2D eigenvalue weighted by Crippen LogP contribution is -2.69. The number of hydrogen-bond acceptors (Lipinski definition) is 37. The molecule has 6 fully saturated rings. The number of nitrogens with one attached hydrogen (secondary N) is 4. The first-order chi connectivity index (χ1) is 65.3. The number of thioether (sulfide) groups is 1. The Labute approximate surface area is 797 Å². The molecule has 41 heteroatoms. The second-order valence-corrected chi connectivity index (χ2v) is 34.9. The molecule has 0 aromatic heterocycles. The van der Waals surface area contributed by atoms with Crippen LogP contribution in [-0.4, -0.2) is 390 Å². The first-order valence-corrected chi connectivity index (χ1v) is 46.4. The maximum absolute atomic E-state index is 13.5. The molecule has 0 radical (unpaired) electrons. The molecule has 6 saturated heterocycles. The van der Waals surface area contributed by atoms with E-state index in [-0.39, 0.29) is 106 Å². The monoisotopic (exact) mass is 1940 g/mol. The lowest BCUT2D eigenvalue weighted by molar-refractivity contribution is -0.374. The van der Waals surface area contributed by atoms with Crippen molar-refractivity contribution in [3.63, 3.8) is 0 Å². The maximum Gasteiger partial charge on any atom is 0.306 e. The molecule has 39 nitrogen and oxygen atoms in total. The third-order valence-corrected chi connectivity index (χ3v) is 26.6. The summed E-state index contributed by atoms with van der Waals surface area (Å²) in [5.74, 6) is -2.91. The molecule has 0 bridgehead atoms. The molecule has 8 aliphatic rings. The molecule has 2 aliphatic carbocycles. The second kappa shape index (κ2) is 53.0. The van der Waals surface area contributed by atoms with Gasteiger partial charge in [0.2, 0.25) is 23.6 Å². The molecule has 6 heterocycles. The van der Waals surface area contributed by atoms with Gasteiger partial charge in [-0.2, -0.15) is 12.6 Å². The molecule has 30 atom stereocenters. The summed E-state index contributed by atoms with van der Waals surface area (Å²) in [5, 5.41) is 11.4. The number of carbonyl (C=O) groups is 7. The van der Waals surface area contributed by atoms with Crippen molar-refractivity contribution in [1.82, 2.24) is 21.3 Å². The fourth-order valence-electron chi connectivity index (χ4n) is 19.2. The highest BCUT2D eigenvalue weighted by atomic mass is 32.2. The van der Waals surface area contributed by atoms with Crippen LogP contribution in [0.2, 0.25) is 0 Å². The zero-order chi connectivity index (χ0) is 97.3. The largest absolute Gasteiger partial charge is 0.465 e. The Kier molecular flexibility index (Phi) is 42.6. The van der Waals surface area contributed by atoms with Crippen LogP contribution in [0.25, 0.3) is 22.3 Å². The van der Waals surface area contributed by atoms with Crippen LogP contribution in [0, 0.1) is 0 Å². The predicted molar refractivity (Wildman–Crippen MR) is 485 cm³/mol. The summed E-state index contributed by atoms with van der Waals surface area (Å²) < 4.78 is 171. The number of methoxy groups -OCH3 is 16. The standard InChI is InChI=1S/C48H68N2O18S.C46H66N2O17S/c1-25-37(49-35(53)24-69-26(2)51)40(57-5)44(61-9)47(64-25)67-39-33(23-56-4)66-48(45(62-10)42(39)59-7)68-38-32(22-55-3)65-46(43(60-8)41(38)58-6)50-34(52)19-20-36(54)63-21-31-29-17-13-11-15-27(29)28-16-12-14-18-30(28)31;1-24-35(47-33(50)23-66)38(54-4)42(58-8)45(61-24)64-37-31(22-53-3)63-46(43(59-9)40(37)56-6)65-36-30(21-52-2)62-44(41(57-7)39(36)55-5)48-32(49)18-19-34(51)60-20-29-27-16-12-10-14-25(27)26-15-11-13-17-28(26)29/h11-18,25,31-33,37-48H,19-24H2,1-10H3,(H,49,53)(H,50,52);10-17,24,29-31,35-46,66H,18-23H2,1-9H3,(H,47,50)(H,48,49). The average molecular weight is 1940 g/mol. The number of rotatable bonds is 45. The molecule has 752 valence electrons.